The molecule has 100 valence electrons. The number of hydrogen-bond donors (Lipinski definition) is 1. The summed E-state index contributed by atoms with van der Waals surface area (Å²) in [6, 6.07) is 0. The summed E-state index contributed by atoms with van der Waals surface area (Å²) in [5.74, 6) is -0.271. The lowest BCUT2D eigenvalue weighted by molar-refractivity contribution is 0.102. The topological polar surface area (TPSA) is 75.9 Å². The molecule has 0 spiro atoms. The van der Waals surface area contributed by atoms with E-state index in [0.29, 0.717) is 10.8 Å². The van der Waals surface area contributed by atoms with Gasteiger partial charge in [-0.1, -0.05) is 5.21 Å². The third-order valence-electron chi connectivity index (χ3n) is 2.98. The smallest absolute Gasteiger partial charge is 0.279 e. The van der Waals surface area contributed by atoms with Crippen molar-refractivity contribution in [2.24, 2.45) is 7.05 Å². The normalized spacial score (nSPS) is 15.3. The van der Waals surface area contributed by atoms with Gasteiger partial charge in [-0.25, -0.2) is 4.98 Å². The van der Waals surface area contributed by atoms with Crippen LogP contribution in [0.4, 0.5) is 5.13 Å². The summed E-state index contributed by atoms with van der Waals surface area (Å²) in [6.45, 7) is 1.91. The predicted molar refractivity (Wildman–Crippen MR) is 71.1 cm³/mol. The molecule has 0 fully saturated rings. The summed E-state index contributed by atoms with van der Waals surface area (Å²) in [7, 11) is 3.81. The zero-order valence-electron chi connectivity index (χ0n) is 10.8. The van der Waals surface area contributed by atoms with Crippen LogP contribution in [0.3, 0.4) is 0 Å². The number of aryl methyl sites for hydroxylation is 1. The molecule has 0 saturated heterocycles. The first-order chi connectivity index (χ1) is 9.11. The molecule has 8 heteroatoms. The highest BCUT2D eigenvalue weighted by Crippen LogP contribution is 2.27. The fourth-order valence-corrected chi connectivity index (χ4v) is 3.07. The second kappa shape index (κ2) is 4.71. The van der Waals surface area contributed by atoms with Gasteiger partial charge in [0.1, 0.15) is 0 Å². The number of nitrogens with one attached hydrogen (secondary N) is 1. The quantitative estimate of drug-likeness (QED) is 0.866. The lowest BCUT2D eigenvalue weighted by Gasteiger charge is -2.20. The molecule has 1 aliphatic heterocycles. The molecule has 0 atom stereocenters. The average Bonchev–Trinajstić information content (AvgIpc) is 2.94. The van der Waals surface area contributed by atoms with Crippen LogP contribution in [0.2, 0.25) is 0 Å². The molecule has 0 aromatic carbocycles. The van der Waals surface area contributed by atoms with Gasteiger partial charge in [-0.05, 0) is 7.05 Å². The predicted octanol–water partition coefficient (Wildman–Crippen LogP) is 0.512. The maximum absolute atomic E-state index is 11.9. The van der Waals surface area contributed by atoms with Gasteiger partial charge in [-0.15, -0.1) is 16.4 Å². The van der Waals surface area contributed by atoms with Gasteiger partial charge in [0.2, 0.25) is 0 Å². The maximum Gasteiger partial charge on any atom is 0.279 e. The highest BCUT2D eigenvalue weighted by Gasteiger charge is 2.20. The lowest BCUT2D eigenvalue weighted by Crippen LogP contribution is -2.25. The Morgan fingerprint density at radius 1 is 1.47 bits per heavy atom. The van der Waals surface area contributed by atoms with Gasteiger partial charge >= 0.3 is 0 Å². The highest BCUT2D eigenvalue weighted by atomic mass is 32.1. The van der Waals surface area contributed by atoms with Crippen LogP contribution >= 0.6 is 11.3 Å². The van der Waals surface area contributed by atoms with Crippen molar-refractivity contribution < 1.29 is 4.79 Å². The van der Waals surface area contributed by atoms with Crippen molar-refractivity contribution in [3.63, 3.8) is 0 Å². The summed E-state index contributed by atoms with van der Waals surface area (Å²) in [6.07, 6.45) is 2.51. The third kappa shape index (κ3) is 2.49. The summed E-state index contributed by atoms with van der Waals surface area (Å²) >= 11 is 1.53. The molecule has 0 saturated carbocycles. The zero-order valence-corrected chi connectivity index (χ0v) is 11.6. The van der Waals surface area contributed by atoms with Gasteiger partial charge in [-0.3, -0.25) is 14.8 Å². The minimum atomic E-state index is -0.271. The number of thiazole rings is 1. The number of likely N-dealkylation sites (N-methyl/N-ethyl adjacent to an activating group) is 1. The standard InChI is InChI=1S/C11H14N6OS/c1-16-4-3-7-9(6-16)19-11(12-7)13-10(18)8-5-17(2)15-14-8/h5H,3-4,6H2,1-2H3,(H,12,13,18). The van der Waals surface area contributed by atoms with Crippen molar-refractivity contribution in [1.29, 1.82) is 0 Å². The molecule has 0 radical (unpaired) electrons. The van der Waals surface area contributed by atoms with Crippen LogP contribution in [-0.4, -0.2) is 44.4 Å². The highest BCUT2D eigenvalue weighted by molar-refractivity contribution is 7.15. The number of anilines is 1. The molecule has 1 aliphatic rings. The second-order valence-electron chi connectivity index (χ2n) is 4.61. The zero-order chi connectivity index (χ0) is 13.4. The van der Waals surface area contributed by atoms with Crippen molar-refractivity contribution in [2.45, 2.75) is 13.0 Å². The molecular formula is C11H14N6OS. The van der Waals surface area contributed by atoms with E-state index in [1.54, 1.807) is 13.2 Å². The molecule has 2 aromatic rings. The van der Waals surface area contributed by atoms with E-state index in [2.05, 4.69) is 32.6 Å². The Kier molecular flexibility index (Phi) is 3.03. The monoisotopic (exact) mass is 278 g/mol. The van der Waals surface area contributed by atoms with Gasteiger partial charge in [0.05, 0.1) is 11.9 Å². The SMILES string of the molecule is CN1CCc2nc(NC(=O)c3cn(C)nn3)sc2C1. The van der Waals surface area contributed by atoms with Crippen LogP contribution in [0.1, 0.15) is 21.1 Å². The molecule has 3 rings (SSSR count). The largest absolute Gasteiger partial charge is 0.301 e. The number of hydrogen-bond acceptors (Lipinski definition) is 6. The second-order valence-corrected chi connectivity index (χ2v) is 5.69. The molecule has 1 N–H and O–H groups in total. The van der Waals surface area contributed by atoms with Crippen molar-refractivity contribution in [3.8, 4) is 0 Å². The van der Waals surface area contributed by atoms with Gasteiger partial charge in [0, 0.05) is 31.4 Å². The molecule has 7 nitrogen and oxygen atoms in total. The molecule has 0 bridgehead atoms. The maximum atomic E-state index is 11.9. The Bertz CT molecular complexity index is 618. The third-order valence-corrected chi connectivity index (χ3v) is 3.98. The Morgan fingerprint density at radius 2 is 2.32 bits per heavy atom. The van der Waals surface area contributed by atoms with Gasteiger partial charge in [0.15, 0.2) is 10.8 Å². The molecule has 19 heavy (non-hydrogen) atoms. The van der Waals surface area contributed by atoms with Crippen LogP contribution in [-0.2, 0) is 20.0 Å². The van der Waals surface area contributed by atoms with E-state index in [4.69, 9.17) is 0 Å². The van der Waals surface area contributed by atoms with Crippen molar-refractivity contribution in [3.05, 3.63) is 22.5 Å². The molecule has 0 aliphatic carbocycles. The first-order valence-corrected chi connectivity index (χ1v) is 6.78. The van der Waals surface area contributed by atoms with E-state index in [-0.39, 0.29) is 5.91 Å². The summed E-state index contributed by atoms with van der Waals surface area (Å²) in [5, 5.41) is 10.9. The first-order valence-electron chi connectivity index (χ1n) is 5.96. The van der Waals surface area contributed by atoms with Gasteiger partial charge in [-0.2, -0.15) is 0 Å². The molecule has 1 amide bonds. The van der Waals surface area contributed by atoms with Crippen molar-refractivity contribution >= 4 is 22.4 Å². The van der Waals surface area contributed by atoms with E-state index in [1.165, 1.54) is 20.9 Å². The Labute approximate surface area is 114 Å². The number of fused-ring (bicyclic) bond motifs is 1. The lowest BCUT2D eigenvalue weighted by atomic mass is 10.2. The van der Waals surface area contributed by atoms with E-state index in [9.17, 15) is 4.79 Å². The van der Waals surface area contributed by atoms with Crippen LogP contribution in [0.5, 0.6) is 0 Å². The number of nitrogens with zero attached hydrogens (tertiary/aromatic N) is 5. The molecule has 2 aromatic heterocycles. The molecule has 0 unspecified atom stereocenters. The number of aromatic nitrogens is 4. The van der Waals surface area contributed by atoms with E-state index in [1.807, 2.05) is 0 Å². The summed E-state index contributed by atoms with van der Waals surface area (Å²) in [4.78, 5) is 19.9. The number of carbonyl (C=O) groups excluding carboxylic acids is 1. The van der Waals surface area contributed by atoms with Crippen LogP contribution in [0.25, 0.3) is 0 Å². The summed E-state index contributed by atoms with van der Waals surface area (Å²) < 4.78 is 1.50. The minimum Gasteiger partial charge on any atom is -0.301 e. The average molecular weight is 278 g/mol. The first kappa shape index (κ1) is 12.2. The van der Waals surface area contributed by atoms with Gasteiger partial charge < -0.3 is 4.90 Å². The molecular weight excluding hydrogens is 264 g/mol. The number of carbonyl (C=O) groups is 1. The molecule has 3 heterocycles. The van der Waals surface area contributed by atoms with Crippen molar-refractivity contribution in [1.82, 2.24) is 24.9 Å². The van der Waals surface area contributed by atoms with Crippen LogP contribution in [0.15, 0.2) is 6.20 Å². The fraction of sp³-hybridized carbons (Fsp3) is 0.455. The van der Waals surface area contributed by atoms with Crippen LogP contribution in [0, 0.1) is 0 Å². The van der Waals surface area contributed by atoms with Crippen LogP contribution < -0.4 is 5.32 Å². The van der Waals surface area contributed by atoms with E-state index >= 15 is 0 Å². The van der Waals surface area contributed by atoms with Crippen molar-refractivity contribution in [2.75, 3.05) is 18.9 Å². The minimum absolute atomic E-state index is 0.271. The number of rotatable bonds is 2. The van der Waals surface area contributed by atoms with E-state index in [0.717, 1.165) is 25.2 Å². The Morgan fingerprint density at radius 3 is 3.05 bits per heavy atom. The van der Waals surface area contributed by atoms with Gasteiger partial charge in [0.25, 0.3) is 5.91 Å². The Hall–Kier alpha value is -1.80. The number of amides is 1. The Balaban J connectivity index is 1.75. The fourth-order valence-electron chi connectivity index (χ4n) is 1.99. The van der Waals surface area contributed by atoms with E-state index < -0.39 is 0 Å². The summed E-state index contributed by atoms with van der Waals surface area (Å²) in [5.41, 5.74) is 1.39.